The first-order valence-electron chi connectivity index (χ1n) is 4.11. The van der Waals surface area contributed by atoms with Gasteiger partial charge in [0.25, 0.3) is 0 Å². The van der Waals surface area contributed by atoms with Gasteiger partial charge in [0.15, 0.2) is 5.82 Å². The van der Waals surface area contributed by atoms with Crippen molar-refractivity contribution < 1.29 is 4.39 Å². The van der Waals surface area contributed by atoms with Gasteiger partial charge >= 0.3 is 0 Å². The molecule has 0 atom stereocenters. The number of aryl methyl sites for hydroxylation is 1. The Morgan fingerprint density at radius 3 is 2.79 bits per heavy atom. The number of hydrogen-bond acceptors (Lipinski definition) is 3. The van der Waals surface area contributed by atoms with Gasteiger partial charge in [-0.2, -0.15) is 0 Å². The Hall–Kier alpha value is -1.91. The number of hydrogen-bond donors (Lipinski definition) is 1. The molecule has 1 aromatic heterocycles. The quantitative estimate of drug-likeness (QED) is 0.740. The topological polar surface area (TPSA) is 56.7 Å². The molecule has 72 valence electrons. The van der Waals surface area contributed by atoms with Crippen LogP contribution in [0.25, 0.3) is 5.69 Å². The van der Waals surface area contributed by atoms with E-state index in [1.165, 1.54) is 10.7 Å². The molecule has 0 amide bonds. The molecule has 0 saturated heterocycles. The molecule has 0 saturated carbocycles. The second kappa shape index (κ2) is 3.10. The summed E-state index contributed by atoms with van der Waals surface area (Å²) in [6.07, 6.45) is 1.58. The summed E-state index contributed by atoms with van der Waals surface area (Å²) in [5.74, 6) is 0.105. The number of aromatic nitrogens is 3. The van der Waals surface area contributed by atoms with E-state index >= 15 is 0 Å². The van der Waals surface area contributed by atoms with Crippen molar-refractivity contribution >= 4 is 5.82 Å². The number of nitrogens with two attached hydrogens (primary N) is 1. The van der Waals surface area contributed by atoms with Gasteiger partial charge in [0, 0.05) is 0 Å². The van der Waals surface area contributed by atoms with Crippen LogP contribution in [-0.4, -0.2) is 15.0 Å². The average molecular weight is 192 g/mol. The van der Waals surface area contributed by atoms with Crippen LogP contribution >= 0.6 is 0 Å². The molecule has 0 unspecified atom stereocenters. The SMILES string of the molecule is Cc1cc(-n2cc(N)nn2)ccc1F. The molecule has 4 nitrogen and oxygen atoms in total. The highest BCUT2D eigenvalue weighted by molar-refractivity contribution is 5.37. The lowest BCUT2D eigenvalue weighted by atomic mass is 10.2. The van der Waals surface area contributed by atoms with Crippen LogP contribution in [0.1, 0.15) is 5.56 Å². The molecule has 14 heavy (non-hydrogen) atoms. The summed E-state index contributed by atoms with van der Waals surface area (Å²) in [5, 5.41) is 7.42. The largest absolute Gasteiger partial charge is 0.381 e. The van der Waals surface area contributed by atoms with Crippen molar-refractivity contribution in [2.45, 2.75) is 6.92 Å². The van der Waals surface area contributed by atoms with Gasteiger partial charge in [-0.05, 0) is 30.7 Å². The lowest BCUT2D eigenvalue weighted by Gasteiger charge is -2.01. The summed E-state index contributed by atoms with van der Waals surface area (Å²) in [5.41, 5.74) is 6.73. The summed E-state index contributed by atoms with van der Waals surface area (Å²) in [6, 6.07) is 4.70. The molecule has 0 bridgehead atoms. The number of nitrogens with zero attached hydrogens (tertiary/aromatic N) is 3. The minimum Gasteiger partial charge on any atom is -0.381 e. The molecular weight excluding hydrogens is 183 g/mol. The minimum absolute atomic E-state index is 0.234. The van der Waals surface area contributed by atoms with Gasteiger partial charge < -0.3 is 5.73 Å². The monoisotopic (exact) mass is 192 g/mol. The van der Waals surface area contributed by atoms with Crippen LogP contribution in [0.5, 0.6) is 0 Å². The molecule has 0 aliphatic carbocycles. The van der Waals surface area contributed by atoms with Crippen LogP contribution in [0.2, 0.25) is 0 Å². The second-order valence-corrected chi connectivity index (χ2v) is 3.02. The van der Waals surface area contributed by atoms with Gasteiger partial charge in [-0.15, -0.1) is 5.10 Å². The van der Waals surface area contributed by atoms with Gasteiger partial charge in [0.1, 0.15) is 5.82 Å². The molecule has 0 radical (unpaired) electrons. The van der Waals surface area contributed by atoms with Crippen LogP contribution in [0.4, 0.5) is 10.2 Å². The van der Waals surface area contributed by atoms with Crippen molar-refractivity contribution in [1.29, 1.82) is 0 Å². The highest BCUT2D eigenvalue weighted by atomic mass is 19.1. The molecule has 2 N–H and O–H groups in total. The summed E-state index contributed by atoms with van der Waals surface area (Å²) < 4.78 is 14.5. The average Bonchev–Trinajstić information content (AvgIpc) is 2.57. The number of nitrogen functional groups attached to an aromatic ring is 1. The minimum atomic E-state index is -0.234. The normalized spacial score (nSPS) is 10.4. The fourth-order valence-corrected chi connectivity index (χ4v) is 1.17. The standard InChI is InChI=1S/C9H9FN4/c1-6-4-7(2-3-8(6)10)14-5-9(11)12-13-14/h2-5H,11H2,1H3. The Bertz CT molecular complexity index is 464. The third kappa shape index (κ3) is 1.44. The first kappa shape index (κ1) is 8.68. The van der Waals surface area contributed by atoms with Gasteiger partial charge in [-0.25, -0.2) is 9.07 Å². The fourth-order valence-electron chi connectivity index (χ4n) is 1.17. The maximum Gasteiger partial charge on any atom is 0.166 e. The highest BCUT2D eigenvalue weighted by Gasteiger charge is 2.02. The molecule has 1 heterocycles. The van der Waals surface area contributed by atoms with Crippen molar-refractivity contribution in [3.8, 4) is 5.69 Å². The van der Waals surface area contributed by atoms with Gasteiger partial charge in [-0.3, -0.25) is 0 Å². The summed E-state index contributed by atoms with van der Waals surface area (Å²) >= 11 is 0. The number of rotatable bonds is 1. The predicted octanol–water partition coefficient (Wildman–Crippen LogP) is 1.30. The Kier molecular flexibility index (Phi) is 1.92. The van der Waals surface area contributed by atoms with Crippen molar-refractivity contribution in [3.63, 3.8) is 0 Å². The molecule has 1 aromatic carbocycles. The molecule has 0 aliphatic rings. The van der Waals surface area contributed by atoms with Crippen LogP contribution < -0.4 is 5.73 Å². The molecule has 2 aromatic rings. The number of halogens is 1. The molecular formula is C9H9FN4. The van der Waals surface area contributed by atoms with E-state index < -0.39 is 0 Å². The number of anilines is 1. The van der Waals surface area contributed by atoms with E-state index in [0.29, 0.717) is 11.4 Å². The molecule has 0 fully saturated rings. The van der Waals surface area contributed by atoms with Crippen molar-refractivity contribution in [1.82, 2.24) is 15.0 Å². The Labute approximate surface area is 80.2 Å². The van der Waals surface area contributed by atoms with Crippen LogP contribution in [0, 0.1) is 12.7 Å². The first-order valence-corrected chi connectivity index (χ1v) is 4.11. The van der Waals surface area contributed by atoms with E-state index in [9.17, 15) is 4.39 Å². The van der Waals surface area contributed by atoms with E-state index in [0.717, 1.165) is 5.69 Å². The second-order valence-electron chi connectivity index (χ2n) is 3.02. The predicted molar refractivity (Wildman–Crippen MR) is 50.5 cm³/mol. The van der Waals surface area contributed by atoms with E-state index in [2.05, 4.69) is 10.3 Å². The van der Waals surface area contributed by atoms with Gasteiger partial charge in [0.2, 0.25) is 0 Å². The Morgan fingerprint density at radius 1 is 1.43 bits per heavy atom. The van der Waals surface area contributed by atoms with E-state index in [1.807, 2.05) is 0 Å². The number of benzene rings is 1. The van der Waals surface area contributed by atoms with Crippen LogP contribution in [0.3, 0.4) is 0 Å². The van der Waals surface area contributed by atoms with Gasteiger partial charge in [-0.1, -0.05) is 5.21 Å². The third-order valence-corrected chi connectivity index (χ3v) is 1.92. The molecule has 2 rings (SSSR count). The smallest absolute Gasteiger partial charge is 0.166 e. The summed E-state index contributed by atoms with van der Waals surface area (Å²) in [6.45, 7) is 1.69. The van der Waals surface area contributed by atoms with Crippen molar-refractivity contribution in [2.24, 2.45) is 0 Å². The summed E-state index contributed by atoms with van der Waals surface area (Å²) in [4.78, 5) is 0. The zero-order chi connectivity index (χ0) is 10.1. The van der Waals surface area contributed by atoms with E-state index in [1.54, 1.807) is 25.3 Å². The maximum atomic E-state index is 12.9. The maximum absolute atomic E-state index is 12.9. The zero-order valence-corrected chi connectivity index (χ0v) is 7.61. The molecule has 0 aliphatic heterocycles. The Morgan fingerprint density at radius 2 is 2.21 bits per heavy atom. The van der Waals surface area contributed by atoms with E-state index in [4.69, 9.17) is 5.73 Å². The van der Waals surface area contributed by atoms with Crippen molar-refractivity contribution in [3.05, 3.63) is 35.8 Å². The first-order chi connectivity index (χ1) is 6.66. The lowest BCUT2D eigenvalue weighted by Crippen LogP contribution is -1.96. The fraction of sp³-hybridized carbons (Fsp3) is 0.111. The highest BCUT2D eigenvalue weighted by Crippen LogP contribution is 2.12. The van der Waals surface area contributed by atoms with E-state index in [-0.39, 0.29) is 5.82 Å². The van der Waals surface area contributed by atoms with Crippen LogP contribution in [-0.2, 0) is 0 Å². The lowest BCUT2D eigenvalue weighted by molar-refractivity contribution is 0.617. The van der Waals surface area contributed by atoms with Gasteiger partial charge in [0.05, 0.1) is 11.9 Å². The molecule has 0 spiro atoms. The zero-order valence-electron chi connectivity index (χ0n) is 7.61. The Balaban J connectivity index is 2.47. The third-order valence-electron chi connectivity index (χ3n) is 1.92. The molecule has 5 heteroatoms. The van der Waals surface area contributed by atoms with Crippen LogP contribution in [0.15, 0.2) is 24.4 Å². The van der Waals surface area contributed by atoms with Crippen molar-refractivity contribution in [2.75, 3.05) is 5.73 Å². The summed E-state index contributed by atoms with van der Waals surface area (Å²) in [7, 11) is 0.